The van der Waals surface area contributed by atoms with Crippen LogP contribution in [0.25, 0.3) is 0 Å². The van der Waals surface area contributed by atoms with Crippen LogP contribution in [-0.2, 0) is 4.79 Å². The quantitative estimate of drug-likeness (QED) is 0.770. The van der Waals surface area contributed by atoms with Gasteiger partial charge in [-0.05, 0) is 19.3 Å². The lowest BCUT2D eigenvalue weighted by molar-refractivity contribution is -0.141. The summed E-state index contributed by atoms with van der Waals surface area (Å²) in [5, 5.41) is 16.1. The van der Waals surface area contributed by atoms with E-state index in [0.717, 1.165) is 19.3 Å². The van der Waals surface area contributed by atoms with Gasteiger partial charge in [0.2, 0.25) is 5.91 Å². The second-order valence-electron chi connectivity index (χ2n) is 5.56. The van der Waals surface area contributed by atoms with Gasteiger partial charge in [-0.2, -0.15) is 0 Å². The Kier molecular flexibility index (Phi) is 3.17. The largest absolute Gasteiger partial charge is 0.476 e. The molecule has 0 bridgehead atoms. The molecule has 3 N–H and O–H groups in total. The van der Waals surface area contributed by atoms with E-state index in [2.05, 4.69) is 10.3 Å². The van der Waals surface area contributed by atoms with Gasteiger partial charge in [0.05, 0.1) is 12.2 Å². The minimum atomic E-state index is -1.09. The molecular weight excluding hydrogens is 262 g/mol. The predicted molar refractivity (Wildman–Crippen MR) is 67.9 cm³/mol. The number of carbonyl (C=O) groups excluding carboxylic acids is 1. The van der Waals surface area contributed by atoms with Crippen molar-refractivity contribution in [2.75, 3.05) is 13.1 Å². The molecule has 0 radical (unpaired) electrons. The molecule has 1 aromatic heterocycles. The molecule has 2 atom stereocenters. The van der Waals surface area contributed by atoms with Gasteiger partial charge < -0.3 is 15.7 Å². The van der Waals surface area contributed by atoms with Gasteiger partial charge in [0.15, 0.2) is 5.69 Å². The van der Waals surface area contributed by atoms with Crippen molar-refractivity contribution in [3.8, 4) is 0 Å². The van der Waals surface area contributed by atoms with Gasteiger partial charge in [-0.1, -0.05) is 5.21 Å². The highest BCUT2D eigenvalue weighted by atomic mass is 16.4. The molecule has 1 aromatic rings. The molecule has 2 aliphatic rings. The third-order valence-electron chi connectivity index (χ3n) is 4.10. The highest BCUT2D eigenvalue weighted by Gasteiger charge is 2.38. The van der Waals surface area contributed by atoms with Crippen LogP contribution in [0.1, 0.15) is 35.8 Å². The van der Waals surface area contributed by atoms with Crippen LogP contribution in [-0.4, -0.2) is 56.0 Å². The van der Waals surface area contributed by atoms with E-state index in [1.807, 2.05) is 0 Å². The minimum Gasteiger partial charge on any atom is -0.476 e. The first kappa shape index (κ1) is 13.0. The van der Waals surface area contributed by atoms with E-state index >= 15 is 0 Å². The van der Waals surface area contributed by atoms with Crippen LogP contribution < -0.4 is 5.73 Å². The summed E-state index contributed by atoms with van der Waals surface area (Å²) in [6.07, 6.45) is 3.96. The Morgan fingerprint density at radius 3 is 2.65 bits per heavy atom. The van der Waals surface area contributed by atoms with Crippen LogP contribution in [0, 0.1) is 5.92 Å². The number of hydrogen-bond donors (Lipinski definition) is 2. The first-order valence-electron chi connectivity index (χ1n) is 6.74. The molecule has 1 saturated carbocycles. The van der Waals surface area contributed by atoms with Crippen molar-refractivity contribution in [1.29, 1.82) is 0 Å². The Labute approximate surface area is 115 Å². The lowest BCUT2D eigenvalue weighted by Gasteiger charge is -2.40. The number of aromatic carboxylic acids is 1. The summed E-state index contributed by atoms with van der Waals surface area (Å²) in [5.41, 5.74) is 5.75. The van der Waals surface area contributed by atoms with Crippen LogP contribution in [0.2, 0.25) is 0 Å². The van der Waals surface area contributed by atoms with Crippen LogP contribution >= 0.6 is 0 Å². The third-order valence-corrected chi connectivity index (χ3v) is 4.10. The topological polar surface area (TPSA) is 114 Å². The van der Waals surface area contributed by atoms with Gasteiger partial charge in [-0.3, -0.25) is 4.79 Å². The highest BCUT2D eigenvalue weighted by molar-refractivity contribution is 5.84. The molecular formula is C12H17N5O3. The van der Waals surface area contributed by atoms with Gasteiger partial charge >= 0.3 is 5.97 Å². The van der Waals surface area contributed by atoms with E-state index in [-0.39, 0.29) is 29.6 Å². The Balaban J connectivity index is 1.55. The number of carbonyl (C=O) groups is 2. The van der Waals surface area contributed by atoms with Crippen molar-refractivity contribution >= 4 is 11.9 Å². The smallest absolute Gasteiger partial charge is 0.358 e. The maximum atomic E-state index is 12.2. The molecule has 20 heavy (non-hydrogen) atoms. The van der Waals surface area contributed by atoms with Crippen molar-refractivity contribution in [2.45, 2.75) is 31.3 Å². The van der Waals surface area contributed by atoms with Crippen LogP contribution in [0.4, 0.5) is 0 Å². The summed E-state index contributed by atoms with van der Waals surface area (Å²) >= 11 is 0. The zero-order valence-corrected chi connectivity index (χ0v) is 11.0. The van der Waals surface area contributed by atoms with Gasteiger partial charge in [0, 0.05) is 25.0 Å². The number of rotatable bonds is 3. The summed E-state index contributed by atoms with van der Waals surface area (Å²) in [5.74, 6) is -0.882. The SMILES string of the molecule is NC1CCC(C(=O)N2CC(n3cc(C(=O)O)nn3)C2)C1. The lowest BCUT2D eigenvalue weighted by Crippen LogP contribution is -2.52. The number of carboxylic acid groups (broad SMARTS) is 1. The third kappa shape index (κ3) is 2.26. The fraction of sp³-hybridized carbons (Fsp3) is 0.667. The molecule has 108 valence electrons. The summed E-state index contributed by atoms with van der Waals surface area (Å²) < 4.78 is 1.52. The molecule has 2 unspecified atom stereocenters. The lowest BCUT2D eigenvalue weighted by atomic mass is 10.0. The Hall–Kier alpha value is -1.96. The molecule has 8 nitrogen and oxygen atoms in total. The first-order chi connectivity index (χ1) is 9.54. The maximum Gasteiger partial charge on any atom is 0.358 e. The van der Waals surface area contributed by atoms with E-state index in [1.165, 1.54) is 10.9 Å². The van der Waals surface area contributed by atoms with Gasteiger partial charge in [-0.25, -0.2) is 9.48 Å². The fourth-order valence-electron chi connectivity index (χ4n) is 2.85. The van der Waals surface area contributed by atoms with Crippen molar-refractivity contribution in [3.63, 3.8) is 0 Å². The Morgan fingerprint density at radius 1 is 1.35 bits per heavy atom. The van der Waals surface area contributed by atoms with Crippen molar-refractivity contribution in [3.05, 3.63) is 11.9 Å². The van der Waals surface area contributed by atoms with Gasteiger partial charge in [0.25, 0.3) is 0 Å². The Morgan fingerprint density at radius 2 is 2.10 bits per heavy atom. The number of carboxylic acids is 1. The second kappa shape index (κ2) is 4.86. The van der Waals surface area contributed by atoms with Crippen LogP contribution in [0.15, 0.2) is 6.20 Å². The predicted octanol–water partition coefficient (Wildman–Crippen LogP) is -0.513. The maximum absolute atomic E-state index is 12.2. The number of aromatic nitrogens is 3. The van der Waals surface area contributed by atoms with E-state index in [1.54, 1.807) is 4.90 Å². The summed E-state index contributed by atoms with van der Waals surface area (Å²) in [6, 6.07) is 0.170. The van der Waals surface area contributed by atoms with Crippen molar-refractivity contribution < 1.29 is 14.7 Å². The van der Waals surface area contributed by atoms with Crippen LogP contribution in [0.3, 0.4) is 0 Å². The van der Waals surface area contributed by atoms with Crippen molar-refractivity contribution in [1.82, 2.24) is 19.9 Å². The first-order valence-corrected chi connectivity index (χ1v) is 6.74. The minimum absolute atomic E-state index is 0.0228. The number of nitrogens with two attached hydrogens (primary N) is 1. The normalized spacial score (nSPS) is 26.6. The number of amides is 1. The van der Waals surface area contributed by atoms with Crippen molar-refractivity contribution in [2.24, 2.45) is 11.7 Å². The standard InChI is InChI=1S/C12H17N5O3/c13-8-2-1-7(3-8)11(18)16-4-9(5-16)17-6-10(12(19)20)14-15-17/h6-9H,1-5,13H2,(H,19,20). The second-order valence-corrected chi connectivity index (χ2v) is 5.56. The number of likely N-dealkylation sites (tertiary alicyclic amines) is 1. The summed E-state index contributed by atoms with van der Waals surface area (Å²) in [6.45, 7) is 1.12. The Bertz CT molecular complexity index is 537. The fourth-order valence-corrected chi connectivity index (χ4v) is 2.85. The van der Waals surface area contributed by atoms with E-state index < -0.39 is 5.97 Å². The zero-order chi connectivity index (χ0) is 14.3. The molecule has 0 aromatic carbocycles. The number of hydrogen-bond acceptors (Lipinski definition) is 5. The molecule has 3 rings (SSSR count). The average Bonchev–Trinajstić information content (AvgIpc) is 2.96. The molecule has 0 spiro atoms. The monoisotopic (exact) mass is 279 g/mol. The van der Waals surface area contributed by atoms with E-state index in [9.17, 15) is 9.59 Å². The number of nitrogens with zero attached hydrogens (tertiary/aromatic N) is 4. The van der Waals surface area contributed by atoms with Gasteiger partial charge in [-0.15, -0.1) is 5.10 Å². The zero-order valence-electron chi connectivity index (χ0n) is 11.0. The molecule has 8 heteroatoms. The summed E-state index contributed by atoms with van der Waals surface area (Å²) in [7, 11) is 0. The molecule has 2 fully saturated rings. The molecule has 1 aliphatic carbocycles. The molecule has 1 saturated heterocycles. The average molecular weight is 279 g/mol. The molecule has 1 aliphatic heterocycles. The van der Waals surface area contributed by atoms with Crippen LogP contribution in [0.5, 0.6) is 0 Å². The summed E-state index contributed by atoms with van der Waals surface area (Å²) in [4.78, 5) is 24.7. The highest BCUT2D eigenvalue weighted by Crippen LogP contribution is 2.30. The van der Waals surface area contributed by atoms with E-state index in [0.29, 0.717) is 13.1 Å². The van der Waals surface area contributed by atoms with E-state index in [4.69, 9.17) is 10.8 Å². The molecule has 1 amide bonds. The molecule has 2 heterocycles. The van der Waals surface area contributed by atoms with Gasteiger partial charge in [0.1, 0.15) is 0 Å².